The van der Waals surface area contributed by atoms with E-state index in [1.165, 1.54) is 0 Å². The van der Waals surface area contributed by atoms with Gasteiger partial charge in [-0.25, -0.2) is 9.59 Å². The number of carbonyl (C=O) groups excluding carboxylic acids is 3. The van der Waals surface area contributed by atoms with Crippen LogP contribution in [0.5, 0.6) is 0 Å². The fraction of sp³-hybridized carbons (Fsp3) is 0.688. The third kappa shape index (κ3) is 2.39. The number of ether oxygens (including phenoxy) is 2. The molecular formula is C16H20O5. The molecule has 4 aliphatic rings. The van der Waals surface area contributed by atoms with Gasteiger partial charge in [0.2, 0.25) is 0 Å². The SMILES string of the molecule is C=CC(=O)OCC(=O)OC1C2CC3CC(CC1(C)C3)C2=O. The molecular weight excluding hydrogens is 272 g/mol. The summed E-state index contributed by atoms with van der Waals surface area (Å²) >= 11 is 0. The highest BCUT2D eigenvalue weighted by atomic mass is 16.6. The van der Waals surface area contributed by atoms with Crippen LogP contribution in [-0.2, 0) is 23.9 Å². The van der Waals surface area contributed by atoms with Crippen LogP contribution in [-0.4, -0.2) is 30.4 Å². The molecule has 0 saturated heterocycles. The van der Waals surface area contributed by atoms with Gasteiger partial charge in [0.25, 0.3) is 0 Å². The van der Waals surface area contributed by atoms with E-state index in [0.29, 0.717) is 5.92 Å². The van der Waals surface area contributed by atoms with E-state index in [1.54, 1.807) is 0 Å². The molecule has 4 bridgehead atoms. The molecule has 5 heteroatoms. The number of carbonyl (C=O) groups is 3. The number of hydrogen-bond acceptors (Lipinski definition) is 5. The van der Waals surface area contributed by atoms with Gasteiger partial charge in [0.1, 0.15) is 11.9 Å². The number of Topliss-reactive ketones (excluding diaryl/α,β-unsaturated/α-hetero) is 1. The molecule has 0 heterocycles. The van der Waals surface area contributed by atoms with Crippen molar-refractivity contribution in [2.75, 3.05) is 6.61 Å². The highest BCUT2D eigenvalue weighted by Crippen LogP contribution is 2.59. The standard InChI is InChI=1S/C16H20O5/c1-3-12(17)20-8-13(18)21-15-11-5-9-4-10(14(11)19)7-16(15,2)6-9/h3,9-11,15H,1,4-8H2,2H3. The van der Waals surface area contributed by atoms with Crippen LogP contribution in [0, 0.1) is 23.2 Å². The van der Waals surface area contributed by atoms with Crippen molar-refractivity contribution in [2.45, 2.75) is 38.7 Å². The van der Waals surface area contributed by atoms with Gasteiger partial charge in [-0.15, -0.1) is 0 Å². The molecule has 5 atom stereocenters. The molecule has 4 fully saturated rings. The van der Waals surface area contributed by atoms with Crippen LogP contribution in [0.3, 0.4) is 0 Å². The van der Waals surface area contributed by atoms with Crippen LogP contribution in [0.25, 0.3) is 0 Å². The van der Waals surface area contributed by atoms with Crippen molar-refractivity contribution in [1.29, 1.82) is 0 Å². The summed E-state index contributed by atoms with van der Waals surface area (Å²) in [4.78, 5) is 35.2. The Bertz CT molecular complexity index is 511. The minimum atomic E-state index is -0.653. The number of ketones is 1. The maximum absolute atomic E-state index is 12.3. The average molecular weight is 292 g/mol. The molecule has 0 N–H and O–H groups in total. The lowest BCUT2D eigenvalue weighted by atomic mass is 9.48. The largest absolute Gasteiger partial charge is 0.459 e. The predicted molar refractivity (Wildman–Crippen MR) is 73.1 cm³/mol. The summed E-state index contributed by atoms with van der Waals surface area (Å²) in [6, 6.07) is 0. The molecule has 114 valence electrons. The molecule has 5 unspecified atom stereocenters. The maximum atomic E-state index is 12.3. The van der Waals surface area contributed by atoms with E-state index >= 15 is 0 Å². The highest BCUT2D eigenvalue weighted by Gasteiger charge is 2.60. The minimum Gasteiger partial charge on any atom is -0.459 e. The average Bonchev–Trinajstić information content (AvgIpc) is 2.44. The second-order valence-corrected chi connectivity index (χ2v) is 6.83. The van der Waals surface area contributed by atoms with Crippen LogP contribution in [0.1, 0.15) is 32.6 Å². The molecule has 0 aromatic carbocycles. The van der Waals surface area contributed by atoms with E-state index in [9.17, 15) is 14.4 Å². The lowest BCUT2D eigenvalue weighted by molar-refractivity contribution is -0.194. The first kappa shape index (κ1) is 14.3. The monoisotopic (exact) mass is 292 g/mol. The summed E-state index contributed by atoms with van der Waals surface area (Å²) in [6.45, 7) is 4.95. The molecule has 0 radical (unpaired) electrons. The molecule has 0 aromatic heterocycles. The Kier molecular flexibility index (Phi) is 3.38. The van der Waals surface area contributed by atoms with Crippen LogP contribution in [0.15, 0.2) is 12.7 Å². The Morgan fingerprint density at radius 3 is 2.86 bits per heavy atom. The van der Waals surface area contributed by atoms with Crippen molar-refractivity contribution in [3.05, 3.63) is 12.7 Å². The van der Waals surface area contributed by atoms with E-state index < -0.39 is 18.5 Å². The van der Waals surface area contributed by atoms with Crippen LogP contribution >= 0.6 is 0 Å². The van der Waals surface area contributed by atoms with Crippen molar-refractivity contribution >= 4 is 17.7 Å². The molecule has 21 heavy (non-hydrogen) atoms. The van der Waals surface area contributed by atoms with Crippen molar-refractivity contribution < 1.29 is 23.9 Å². The van der Waals surface area contributed by atoms with Gasteiger partial charge in [-0.2, -0.15) is 0 Å². The van der Waals surface area contributed by atoms with Gasteiger partial charge in [-0.1, -0.05) is 13.5 Å². The molecule has 4 saturated carbocycles. The van der Waals surface area contributed by atoms with E-state index in [4.69, 9.17) is 4.74 Å². The van der Waals surface area contributed by atoms with E-state index in [-0.39, 0.29) is 29.1 Å². The van der Waals surface area contributed by atoms with Crippen molar-refractivity contribution in [2.24, 2.45) is 23.2 Å². The molecule has 4 aliphatic carbocycles. The zero-order valence-electron chi connectivity index (χ0n) is 12.2. The van der Waals surface area contributed by atoms with Gasteiger partial charge >= 0.3 is 11.9 Å². The second-order valence-electron chi connectivity index (χ2n) is 6.83. The van der Waals surface area contributed by atoms with Gasteiger partial charge in [0, 0.05) is 17.4 Å². The zero-order chi connectivity index (χ0) is 15.2. The lowest BCUT2D eigenvalue weighted by Gasteiger charge is -2.57. The predicted octanol–water partition coefficient (Wildman–Crippen LogP) is 1.65. The van der Waals surface area contributed by atoms with Crippen molar-refractivity contribution in [3.8, 4) is 0 Å². The number of hydrogen-bond donors (Lipinski definition) is 0. The summed E-state index contributed by atoms with van der Waals surface area (Å²) in [5.74, 6) is -0.410. The quantitative estimate of drug-likeness (QED) is 0.582. The van der Waals surface area contributed by atoms with Gasteiger partial charge in [-0.3, -0.25) is 4.79 Å². The van der Waals surface area contributed by atoms with Crippen LogP contribution < -0.4 is 0 Å². The molecule has 0 amide bonds. The van der Waals surface area contributed by atoms with Gasteiger partial charge < -0.3 is 9.47 Å². The summed E-state index contributed by atoms with van der Waals surface area (Å²) in [5, 5.41) is 0. The third-order valence-electron chi connectivity index (χ3n) is 5.25. The first-order valence-corrected chi connectivity index (χ1v) is 7.45. The molecule has 5 nitrogen and oxygen atoms in total. The summed E-state index contributed by atoms with van der Waals surface area (Å²) in [6.07, 6.45) is 4.28. The third-order valence-corrected chi connectivity index (χ3v) is 5.25. The minimum absolute atomic E-state index is 0.109. The smallest absolute Gasteiger partial charge is 0.344 e. The van der Waals surface area contributed by atoms with E-state index in [0.717, 1.165) is 31.8 Å². The first-order chi connectivity index (χ1) is 9.93. The highest BCUT2D eigenvalue weighted by molar-refractivity contribution is 5.87. The first-order valence-electron chi connectivity index (χ1n) is 7.45. The van der Waals surface area contributed by atoms with Crippen LogP contribution in [0.2, 0.25) is 0 Å². The Morgan fingerprint density at radius 1 is 1.38 bits per heavy atom. The fourth-order valence-corrected chi connectivity index (χ4v) is 4.63. The maximum Gasteiger partial charge on any atom is 0.344 e. The van der Waals surface area contributed by atoms with Gasteiger partial charge in [-0.05, 0) is 31.6 Å². The summed E-state index contributed by atoms with van der Waals surface area (Å²) < 4.78 is 10.2. The second kappa shape index (κ2) is 4.97. The van der Waals surface area contributed by atoms with Gasteiger partial charge in [0.05, 0.1) is 5.92 Å². The molecule has 0 spiro atoms. The van der Waals surface area contributed by atoms with Crippen LogP contribution in [0.4, 0.5) is 0 Å². The molecule has 0 aliphatic heterocycles. The normalized spacial score (nSPS) is 40.0. The molecule has 4 rings (SSSR count). The number of rotatable bonds is 4. The van der Waals surface area contributed by atoms with E-state index in [1.807, 2.05) is 0 Å². The zero-order valence-corrected chi connectivity index (χ0v) is 12.2. The van der Waals surface area contributed by atoms with E-state index in [2.05, 4.69) is 18.2 Å². The topological polar surface area (TPSA) is 69.7 Å². The fourth-order valence-electron chi connectivity index (χ4n) is 4.63. The lowest BCUT2D eigenvalue weighted by Crippen LogP contribution is -2.60. The van der Waals surface area contributed by atoms with Gasteiger partial charge in [0.15, 0.2) is 6.61 Å². The summed E-state index contributed by atoms with van der Waals surface area (Å²) in [7, 11) is 0. The summed E-state index contributed by atoms with van der Waals surface area (Å²) in [5.41, 5.74) is -0.109. The Balaban J connectivity index is 1.67. The molecule has 0 aromatic rings. The Morgan fingerprint density at radius 2 is 2.14 bits per heavy atom. The van der Waals surface area contributed by atoms with Crippen molar-refractivity contribution in [3.63, 3.8) is 0 Å². The van der Waals surface area contributed by atoms with Crippen molar-refractivity contribution in [1.82, 2.24) is 0 Å². The number of esters is 2. The Hall–Kier alpha value is -1.65. The Labute approximate surface area is 123 Å².